The smallest absolute Gasteiger partial charge is 0.328 e. The molecular formula is C17H25NO4. The van der Waals surface area contributed by atoms with Crippen LogP contribution in [0.3, 0.4) is 0 Å². The average molecular weight is 307 g/mol. The van der Waals surface area contributed by atoms with Gasteiger partial charge in [0.05, 0.1) is 14.2 Å². The summed E-state index contributed by atoms with van der Waals surface area (Å²) in [4.78, 5) is 23.0. The fourth-order valence-corrected chi connectivity index (χ4v) is 2.28. The largest absolute Gasteiger partial charge is 0.496 e. The summed E-state index contributed by atoms with van der Waals surface area (Å²) in [6.07, 6.45) is 0.374. The highest BCUT2D eigenvalue weighted by Crippen LogP contribution is 2.32. The van der Waals surface area contributed by atoms with E-state index in [1.54, 1.807) is 7.11 Å². The van der Waals surface area contributed by atoms with E-state index in [1.807, 2.05) is 18.2 Å². The first-order valence-electron chi connectivity index (χ1n) is 7.21. The molecule has 1 rings (SSSR count). The summed E-state index contributed by atoms with van der Waals surface area (Å²) in [5, 5.41) is 2.62. The summed E-state index contributed by atoms with van der Waals surface area (Å²) in [6, 6.07) is 5.10. The number of carbonyl (C=O) groups excluding carboxylic acids is 2. The first-order valence-corrected chi connectivity index (χ1v) is 7.21. The van der Waals surface area contributed by atoms with Gasteiger partial charge in [-0.2, -0.15) is 0 Å². The van der Waals surface area contributed by atoms with E-state index in [0.717, 1.165) is 16.9 Å². The van der Waals surface area contributed by atoms with E-state index in [9.17, 15) is 9.59 Å². The molecule has 0 aliphatic carbocycles. The van der Waals surface area contributed by atoms with Gasteiger partial charge < -0.3 is 14.8 Å². The van der Waals surface area contributed by atoms with Crippen LogP contribution in [0.5, 0.6) is 5.75 Å². The lowest BCUT2D eigenvalue weighted by Crippen LogP contribution is -2.42. The quantitative estimate of drug-likeness (QED) is 0.847. The van der Waals surface area contributed by atoms with Crippen molar-refractivity contribution in [1.29, 1.82) is 0 Å². The molecule has 5 nitrogen and oxygen atoms in total. The van der Waals surface area contributed by atoms with E-state index in [-0.39, 0.29) is 11.3 Å². The molecule has 0 spiro atoms. The van der Waals surface area contributed by atoms with E-state index in [0.29, 0.717) is 6.42 Å². The van der Waals surface area contributed by atoms with E-state index in [1.165, 1.54) is 14.0 Å². The normalized spacial score (nSPS) is 12.5. The molecule has 0 aliphatic rings. The Bertz CT molecular complexity index is 546. The minimum atomic E-state index is -0.691. The third kappa shape index (κ3) is 4.76. The van der Waals surface area contributed by atoms with Crippen LogP contribution < -0.4 is 10.1 Å². The van der Waals surface area contributed by atoms with Gasteiger partial charge >= 0.3 is 5.97 Å². The predicted octanol–water partition coefficient (Wildman–Crippen LogP) is 2.21. The first-order chi connectivity index (χ1) is 10.2. The van der Waals surface area contributed by atoms with Crippen LogP contribution in [0.25, 0.3) is 0 Å². The Balaban J connectivity index is 3.10. The van der Waals surface area contributed by atoms with Crippen molar-refractivity contribution in [3.8, 4) is 5.75 Å². The van der Waals surface area contributed by atoms with Crippen LogP contribution in [0.2, 0.25) is 0 Å². The molecule has 0 heterocycles. The molecular weight excluding hydrogens is 282 g/mol. The van der Waals surface area contributed by atoms with Gasteiger partial charge in [-0.3, -0.25) is 4.79 Å². The molecule has 5 heteroatoms. The average Bonchev–Trinajstić information content (AvgIpc) is 2.44. The molecule has 1 amide bonds. The van der Waals surface area contributed by atoms with E-state index < -0.39 is 12.0 Å². The van der Waals surface area contributed by atoms with Crippen molar-refractivity contribution in [3.63, 3.8) is 0 Å². The molecule has 122 valence electrons. The number of benzene rings is 1. The second kappa shape index (κ2) is 7.29. The maximum Gasteiger partial charge on any atom is 0.328 e. The predicted molar refractivity (Wildman–Crippen MR) is 85.0 cm³/mol. The molecule has 1 N–H and O–H groups in total. The zero-order chi connectivity index (χ0) is 16.9. The minimum absolute atomic E-state index is 0.0872. The van der Waals surface area contributed by atoms with E-state index in [2.05, 4.69) is 26.1 Å². The number of hydrogen-bond donors (Lipinski definition) is 1. The summed E-state index contributed by atoms with van der Waals surface area (Å²) in [7, 11) is 2.95. The Hall–Kier alpha value is -2.04. The number of ether oxygens (including phenoxy) is 2. The molecule has 1 aromatic carbocycles. The topological polar surface area (TPSA) is 64.6 Å². The van der Waals surface area contributed by atoms with Crippen LogP contribution in [0.1, 0.15) is 38.8 Å². The molecule has 0 fully saturated rings. The van der Waals surface area contributed by atoms with Gasteiger partial charge in [0.1, 0.15) is 11.8 Å². The van der Waals surface area contributed by atoms with Gasteiger partial charge in [0, 0.05) is 13.3 Å². The van der Waals surface area contributed by atoms with Gasteiger partial charge in [-0.05, 0) is 22.6 Å². The summed E-state index contributed by atoms with van der Waals surface area (Å²) in [6.45, 7) is 7.67. The lowest BCUT2D eigenvalue weighted by molar-refractivity contribution is -0.144. The zero-order valence-electron chi connectivity index (χ0n) is 14.1. The number of esters is 1. The molecule has 0 aromatic heterocycles. The first kappa shape index (κ1) is 18.0. The molecule has 22 heavy (non-hydrogen) atoms. The number of rotatable bonds is 5. The van der Waals surface area contributed by atoms with Crippen molar-refractivity contribution >= 4 is 11.9 Å². The van der Waals surface area contributed by atoms with Gasteiger partial charge in [0.15, 0.2) is 0 Å². The molecule has 1 atom stereocenters. The van der Waals surface area contributed by atoms with Crippen LogP contribution in [-0.4, -0.2) is 32.1 Å². The van der Waals surface area contributed by atoms with Gasteiger partial charge in [0.25, 0.3) is 0 Å². The third-order valence-corrected chi connectivity index (χ3v) is 3.37. The van der Waals surface area contributed by atoms with Crippen LogP contribution >= 0.6 is 0 Å². The van der Waals surface area contributed by atoms with Crippen LogP contribution in [-0.2, 0) is 26.2 Å². The number of hydrogen-bond acceptors (Lipinski definition) is 4. The fourth-order valence-electron chi connectivity index (χ4n) is 2.28. The van der Waals surface area contributed by atoms with Gasteiger partial charge in [-0.25, -0.2) is 4.79 Å². The molecule has 0 saturated carbocycles. The third-order valence-electron chi connectivity index (χ3n) is 3.37. The Morgan fingerprint density at radius 1 is 1.23 bits per heavy atom. The molecule has 0 unspecified atom stereocenters. The standard InChI is InChI=1S/C17H25NO4/c1-11(19)18-14(16(20)22-6)10-12-7-8-15(21-5)13(9-12)17(2,3)4/h7-9,14H,10H2,1-6H3,(H,18,19)/t14-/m0/s1. The van der Waals surface area contributed by atoms with Crippen LogP contribution in [0, 0.1) is 0 Å². The van der Waals surface area contributed by atoms with Gasteiger partial charge in [0.2, 0.25) is 5.91 Å². The monoisotopic (exact) mass is 307 g/mol. The molecule has 1 aromatic rings. The van der Waals surface area contributed by atoms with Crippen molar-refractivity contribution < 1.29 is 19.1 Å². The highest BCUT2D eigenvalue weighted by Gasteiger charge is 2.23. The highest BCUT2D eigenvalue weighted by molar-refractivity contribution is 5.83. The Labute approximate surface area is 132 Å². The lowest BCUT2D eigenvalue weighted by atomic mass is 9.84. The SMILES string of the molecule is COC(=O)[C@H](Cc1ccc(OC)c(C(C)(C)C)c1)NC(C)=O. The van der Waals surface area contributed by atoms with E-state index in [4.69, 9.17) is 9.47 Å². The molecule has 0 saturated heterocycles. The second-order valence-electron chi connectivity index (χ2n) is 6.27. The number of nitrogens with one attached hydrogen (secondary N) is 1. The second-order valence-corrected chi connectivity index (χ2v) is 6.27. The number of amides is 1. The van der Waals surface area contributed by atoms with Crippen molar-refractivity contribution in [2.75, 3.05) is 14.2 Å². The molecule has 0 radical (unpaired) electrons. The van der Waals surface area contributed by atoms with Crippen molar-refractivity contribution in [3.05, 3.63) is 29.3 Å². The summed E-state index contributed by atoms with van der Waals surface area (Å²) < 4.78 is 10.2. The van der Waals surface area contributed by atoms with Crippen LogP contribution in [0.4, 0.5) is 0 Å². The maximum atomic E-state index is 11.8. The van der Waals surface area contributed by atoms with Gasteiger partial charge in [-0.1, -0.05) is 32.9 Å². The van der Waals surface area contributed by atoms with E-state index >= 15 is 0 Å². The van der Waals surface area contributed by atoms with Gasteiger partial charge in [-0.15, -0.1) is 0 Å². The zero-order valence-corrected chi connectivity index (χ0v) is 14.1. The summed E-state index contributed by atoms with van der Waals surface area (Å²) in [5.41, 5.74) is 1.91. The Morgan fingerprint density at radius 3 is 2.32 bits per heavy atom. The lowest BCUT2D eigenvalue weighted by Gasteiger charge is -2.23. The van der Waals surface area contributed by atoms with Crippen molar-refractivity contribution in [2.24, 2.45) is 0 Å². The highest BCUT2D eigenvalue weighted by atomic mass is 16.5. The maximum absolute atomic E-state index is 11.8. The summed E-state index contributed by atoms with van der Waals surface area (Å²) in [5.74, 6) is 0.0914. The molecule has 0 bridgehead atoms. The van der Waals surface area contributed by atoms with Crippen molar-refractivity contribution in [2.45, 2.75) is 45.6 Å². The van der Waals surface area contributed by atoms with Crippen molar-refractivity contribution in [1.82, 2.24) is 5.32 Å². The Morgan fingerprint density at radius 2 is 1.86 bits per heavy atom. The number of carbonyl (C=O) groups is 2. The minimum Gasteiger partial charge on any atom is -0.496 e. The Kier molecular flexibility index (Phi) is 5.97. The fraction of sp³-hybridized carbons (Fsp3) is 0.529. The molecule has 0 aliphatic heterocycles. The van der Waals surface area contributed by atoms with Crippen LogP contribution in [0.15, 0.2) is 18.2 Å². The number of methoxy groups -OCH3 is 2. The summed E-state index contributed by atoms with van der Waals surface area (Å²) >= 11 is 0.